The fourth-order valence-corrected chi connectivity index (χ4v) is 3.40. The van der Waals surface area contributed by atoms with Gasteiger partial charge in [-0.1, -0.05) is 37.5 Å². The molecule has 0 saturated heterocycles. The van der Waals surface area contributed by atoms with Gasteiger partial charge in [0.25, 0.3) is 0 Å². The molecule has 106 valence electrons. The van der Waals surface area contributed by atoms with Crippen LogP contribution in [0.5, 0.6) is 0 Å². The van der Waals surface area contributed by atoms with Crippen LogP contribution in [0.2, 0.25) is 0 Å². The van der Waals surface area contributed by atoms with E-state index in [4.69, 9.17) is 16.6 Å². The highest BCUT2D eigenvalue weighted by Gasteiger charge is 2.20. The maximum atomic E-state index is 6.12. The van der Waals surface area contributed by atoms with Crippen molar-refractivity contribution in [1.29, 1.82) is 0 Å². The van der Waals surface area contributed by atoms with Gasteiger partial charge in [-0.15, -0.1) is 11.6 Å². The number of fused-ring (bicyclic) bond motifs is 1. The summed E-state index contributed by atoms with van der Waals surface area (Å²) in [4.78, 5) is 7.18. The molecule has 1 aromatic heterocycles. The lowest BCUT2D eigenvalue weighted by molar-refractivity contribution is 0.426. The number of rotatable bonds is 3. The molecule has 0 radical (unpaired) electrons. The van der Waals surface area contributed by atoms with Gasteiger partial charge in [0.15, 0.2) is 0 Å². The zero-order valence-corrected chi connectivity index (χ0v) is 12.7. The summed E-state index contributed by atoms with van der Waals surface area (Å²) in [5.74, 6) is 1.60. The van der Waals surface area contributed by atoms with Gasteiger partial charge in [-0.3, -0.25) is 0 Å². The first kappa shape index (κ1) is 13.7. The molecule has 1 aromatic carbocycles. The summed E-state index contributed by atoms with van der Waals surface area (Å²) in [5, 5.41) is 1.17. The van der Waals surface area contributed by atoms with Crippen LogP contribution < -0.4 is 4.90 Å². The molecule has 0 amide bonds. The van der Waals surface area contributed by atoms with Gasteiger partial charge >= 0.3 is 0 Å². The molecule has 0 unspecified atom stereocenters. The summed E-state index contributed by atoms with van der Waals surface area (Å²) >= 11 is 6.12. The SMILES string of the molecule is CN(c1cc(CCl)c2ccccc2n1)C1CCCCC1. The van der Waals surface area contributed by atoms with Crippen LogP contribution in [0.4, 0.5) is 5.82 Å². The molecule has 2 nitrogen and oxygen atoms in total. The Balaban J connectivity index is 1.98. The summed E-state index contributed by atoms with van der Waals surface area (Å²) in [6, 6.07) is 11.0. The average Bonchev–Trinajstić information content (AvgIpc) is 2.54. The Morgan fingerprint density at radius 1 is 1.20 bits per heavy atom. The van der Waals surface area contributed by atoms with Crippen LogP contribution in [0.25, 0.3) is 10.9 Å². The molecule has 20 heavy (non-hydrogen) atoms. The van der Waals surface area contributed by atoms with Gasteiger partial charge < -0.3 is 4.90 Å². The van der Waals surface area contributed by atoms with Gasteiger partial charge in [0.2, 0.25) is 0 Å². The topological polar surface area (TPSA) is 16.1 Å². The lowest BCUT2D eigenvalue weighted by Crippen LogP contribution is -2.33. The van der Waals surface area contributed by atoms with E-state index in [1.807, 2.05) is 12.1 Å². The minimum absolute atomic E-state index is 0.536. The van der Waals surface area contributed by atoms with Crippen molar-refractivity contribution < 1.29 is 0 Å². The maximum absolute atomic E-state index is 6.12. The van der Waals surface area contributed by atoms with E-state index in [1.165, 1.54) is 43.1 Å². The average molecular weight is 289 g/mol. The Bertz CT molecular complexity index is 591. The second kappa shape index (κ2) is 6.01. The Morgan fingerprint density at radius 2 is 1.95 bits per heavy atom. The second-order valence-electron chi connectivity index (χ2n) is 5.69. The third-order valence-corrected chi connectivity index (χ3v) is 4.70. The van der Waals surface area contributed by atoms with Crippen molar-refractivity contribution in [2.45, 2.75) is 44.0 Å². The molecule has 1 aliphatic carbocycles. The highest BCUT2D eigenvalue weighted by atomic mass is 35.5. The van der Waals surface area contributed by atoms with E-state index >= 15 is 0 Å². The highest BCUT2D eigenvalue weighted by molar-refractivity contribution is 6.18. The van der Waals surface area contributed by atoms with Crippen LogP contribution in [0, 0.1) is 0 Å². The van der Waals surface area contributed by atoms with E-state index in [0.29, 0.717) is 11.9 Å². The molecule has 1 heterocycles. The Labute approximate surface area is 125 Å². The summed E-state index contributed by atoms with van der Waals surface area (Å²) in [7, 11) is 2.17. The number of alkyl halides is 1. The minimum atomic E-state index is 0.536. The van der Waals surface area contributed by atoms with E-state index in [2.05, 4.69) is 30.1 Å². The Hall–Kier alpha value is -1.28. The van der Waals surface area contributed by atoms with Gasteiger partial charge in [0.05, 0.1) is 5.52 Å². The quantitative estimate of drug-likeness (QED) is 0.758. The van der Waals surface area contributed by atoms with Gasteiger partial charge in [0, 0.05) is 24.4 Å². The monoisotopic (exact) mass is 288 g/mol. The molecule has 0 aliphatic heterocycles. The third-order valence-electron chi connectivity index (χ3n) is 4.42. The predicted octanol–water partition coefficient (Wildman–Crippen LogP) is 4.74. The number of para-hydroxylation sites is 1. The van der Waals surface area contributed by atoms with Crippen molar-refractivity contribution in [3.8, 4) is 0 Å². The molecule has 2 aromatic rings. The molecule has 0 atom stereocenters. The van der Waals surface area contributed by atoms with Crippen molar-refractivity contribution in [1.82, 2.24) is 4.98 Å². The molecular weight excluding hydrogens is 268 g/mol. The number of nitrogens with zero attached hydrogens (tertiary/aromatic N) is 2. The smallest absolute Gasteiger partial charge is 0.129 e. The van der Waals surface area contributed by atoms with Gasteiger partial charge in [0.1, 0.15) is 5.82 Å². The lowest BCUT2D eigenvalue weighted by Gasteiger charge is -2.32. The molecule has 0 bridgehead atoms. The first-order valence-electron chi connectivity index (χ1n) is 7.47. The second-order valence-corrected chi connectivity index (χ2v) is 5.96. The van der Waals surface area contributed by atoms with Gasteiger partial charge in [-0.25, -0.2) is 4.98 Å². The van der Waals surface area contributed by atoms with Crippen LogP contribution in [-0.4, -0.2) is 18.1 Å². The number of aromatic nitrogens is 1. The zero-order valence-electron chi connectivity index (χ0n) is 12.0. The van der Waals surface area contributed by atoms with E-state index in [-0.39, 0.29) is 0 Å². The molecule has 0 N–H and O–H groups in total. The summed E-state index contributed by atoms with van der Waals surface area (Å²) < 4.78 is 0. The van der Waals surface area contributed by atoms with E-state index in [0.717, 1.165) is 11.3 Å². The zero-order chi connectivity index (χ0) is 13.9. The van der Waals surface area contributed by atoms with Crippen molar-refractivity contribution in [2.75, 3.05) is 11.9 Å². The number of anilines is 1. The van der Waals surface area contributed by atoms with Crippen LogP contribution in [0.3, 0.4) is 0 Å². The molecule has 3 rings (SSSR count). The lowest BCUT2D eigenvalue weighted by atomic mass is 9.94. The Morgan fingerprint density at radius 3 is 2.70 bits per heavy atom. The molecule has 0 spiro atoms. The van der Waals surface area contributed by atoms with E-state index in [1.54, 1.807) is 0 Å². The standard InChI is InChI=1S/C17H21ClN2/c1-20(14-7-3-2-4-8-14)17-11-13(12-18)15-9-5-6-10-16(15)19-17/h5-6,9-11,14H,2-4,7-8,12H2,1H3. The molecule has 3 heteroatoms. The highest BCUT2D eigenvalue weighted by Crippen LogP contribution is 2.28. The first-order chi connectivity index (χ1) is 9.79. The molecule has 1 fully saturated rings. The predicted molar refractivity (Wildman–Crippen MR) is 86.6 cm³/mol. The molecule has 1 saturated carbocycles. The van der Waals surface area contributed by atoms with Gasteiger partial charge in [-0.2, -0.15) is 0 Å². The van der Waals surface area contributed by atoms with Crippen molar-refractivity contribution in [3.05, 3.63) is 35.9 Å². The molecule has 1 aliphatic rings. The maximum Gasteiger partial charge on any atom is 0.129 e. The van der Waals surface area contributed by atoms with E-state index in [9.17, 15) is 0 Å². The number of benzene rings is 1. The fraction of sp³-hybridized carbons (Fsp3) is 0.471. The Kier molecular flexibility index (Phi) is 4.11. The number of hydrogen-bond acceptors (Lipinski definition) is 2. The largest absolute Gasteiger partial charge is 0.357 e. The third kappa shape index (κ3) is 2.62. The van der Waals surface area contributed by atoms with Gasteiger partial charge in [-0.05, 0) is 30.5 Å². The minimum Gasteiger partial charge on any atom is -0.357 e. The number of hydrogen-bond donors (Lipinski definition) is 0. The van der Waals surface area contributed by atoms with Crippen LogP contribution in [-0.2, 0) is 5.88 Å². The fourth-order valence-electron chi connectivity index (χ4n) is 3.18. The van der Waals surface area contributed by atoms with Crippen molar-refractivity contribution >= 4 is 28.3 Å². The number of pyridine rings is 1. The van der Waals surface area contributed by atoms with Crippen molar-refractivity contribution in [3.63, 3.8) is 0 Å². The number of halogens is 1. The van der Waals surface area contributed by atoms with Crippen LogP contribution in [0.15, 0.2) is 30.3 Å². The van der Waals surface area contributed by atoms with E-state index < -0.39 is 0 Å². The van der Waals surface area contributed by atoms with Crippen LogP contribution in [0.1, 0.15) is 37.7 Å². The summed E-state index contributed by atoms with van der Waals surface area (Å²) in [6.45, 7) is 0. The summed E-state index contributed by atoms with van der Waals surface area (Å²) in [6.07, 6.45) is 6.61. The molecular formula is C17H21ClN2. The van der Waals surface area contributed by atoms with Crippen molar-refractivity contribution in [2.24, 2.45) is 0 Å². The first-order valence-corrected chi connectivity index (χ1v) is 8.00. The van der Waals surface area contributed by atoms with Crippen LogP contribution >= 0.6 is 11.6 Å². The normalized spacial score (nSPS) is 16.5. The summed E-state index contributed by atoms with van der Waals surface area (Å²) in [5.41, 5.74) is 2.22.